The number of benzene rings is 1. The second-order valence-corrected chi connectivity index (χ2v) is 5.78. The number of nitrogens with one attached hydrogen (secondary N) is 1. The van der Waals surface area contributed by atoms with E-state index in [2.05, 4.69) is 24.8 Å². The molecule has 3 nitrogen and oxygen atoms in total. The minimum Gasteiger partial charge on any atom is -0.384 e. The van der Waals surface area contributed by atoms with Gasteiger partial charge in [-0.25, -0.2) is 0 Å². The standard InChI is InChI=1S/C16H25N3/c1-3-16(4-2)8-9-19(12-16)11-13-6-5-7-14(10-13)15(17)18/h5-7,10H,3-4,8-9,11-12H2,1-2H3,(H3,17,18). The van der Waals surface area contributed by atoms with Crippen LogP contribution in [0, 0.1) is 10.8 Å². The van der Waals surface area contributed by atoms with Crippen LogP contribution in [0.3, 0.4) is 0 Å². The Labute approximate surface area is 116 Å². The van der Waals surface area contributed by atoms with Gasteiger partial charge in [-0.3, -0.25) is 10.3 Å². The second-order valence-electron chi connectivity index (χ2n) is 5.78. The Morgan fingerprint density at radius 1 is 1.37 bits per heavy atom. The van der Waals surface area contributed by atoms with Gasteiger partial charge in [0.25, 0.3) is 0 Å². The summed E-state index contributed by atoms with van der Waals surface area (Å²) in [5.74, 6) is 0.153. The first-order valence-electron chi connectivity index (χ1n) is 7.24. The van der Waals surface area contributed by atoms with Crippen molar-refractivity contribution in [2.45, 2.75) is 39.7 Å². The summed E-state index contributed by atoms with van der Waals surface area (Å²) in [6.07, 6.45) is 3.85. The summed E-state index contributed by atoms with van der Waals surface area (Å²) in [4.78, 5) is 2.53. The smallest absolute Gasteiger partial charge is 0.122 e. The number of likely N-dealkylation sites (tertiary alicyclic amines) is 1. The summed E-state index contributed by atoms with van der Waals surface area (Å²) in [7, 11) is 0. The van der Waals surface area contributed by atoms with Gasteiger partial charge in [0.1, 0.15) is 5.84 Å². The van der Waals surface area contributed by atoms with Crippen LogP contribution in [0.1, 0.15) is 44.2 Å². The maximum Gasteiger partial charge on any atom is 0.122 e. The van der Waals surface area contributed by atoms with E-state index >= 15 is 0 Å². The van der Waals surface area contributed by atoms with Gasteiger partial charge in [0.15, 0.2) is 0 Å². The third kappa shape index (κ3) is 3.16. The Bertz CT molecular complexity index is 449. The van der Waals surface area contributed by atoms with E-state index < -0.39 is 0 Å². The number of nitrogens with zero attached hydrogens (tertiary/aromatic N) is 1. The number of nitrogen functional groups attached to an aromatic ring is 1. The number of hydrogen-bond acceptors (Lipinski definition) is 2. The molecule has 104 valence electrons. The van der Waals surface area contributed by atoms with Gasteiger partial charge in [-0.15, -0.1) is 0 Å². The Morgan fingerprint density at radius 3 is 2.68 bits per heavy atom. The molecule has 1 aromatic rings. The van der Waals surface area contributed by atoms with Gasteiger partial charge in [0.05, 0.1) is 0 Å². The molecule has 1 aliphatic heterocycles. The Morgan fingerprint density at radius 2 is 2.11 bits per heavy atom. The molecule has 1 saturated heterocycles. The fourth-order valence-electron chi connectivity index (χ4n) is 3.09. The van der Waals surface area contributed by atoms with Crippen molar-refractivity contribution in [1.29, 1.82) is 5.41 Å². The average Bonchev–Trinajstić information content (AvgIpc) is 2.83. The highest BCUT2D eigenvalue weighted by atomic mass is 15.2. The molecule has 0 aromatic heterocycles. The lowest BCUT2D eigenvalue weighted by atomic mass is 9.82. The number of amidine groups is 1. The molecule has 0 amide bonds. The number of hydrogen-bond donors (Lipinski definition) is 2. The molecule has 1 fully saturated rings. The van der Waals surface area contributed by atoms with Crippen LogP contribution in [0.25, 0.3) is 0 Å². The monoisotopic (exact) mass is 259 g/mol. The van der Waals surface area contributed by atoms with Crippen molar-refractivity contribution >= 4 is 5.84 Å². The van der Waals surface area contributed by atoms with E-state index in [1.165, 1.54) is 37.9 Å². The summed E-state index contributed by atoms with van der Waals surface area (Å²) in [6, 6.07) is 8.07. The zero-order valence-electron chi connectivity index (χ0n) is 12.1. The van der Waals surface area contributed by atoms with Crippen LogP contribution in [-0.4, -0.2) is 23.8 Å². The predicted molar refractivity (Wildman–Crippen MR) is 80.4 cm³/mol. The predicted octanol–water partition coefficient (Wildman–Crippen LogP) is 2.98. The Kier molecular flexibility index (Phi) is 4.25. The maximum absolute atomic E-state index is 7.50. The third-order valence-corrected chi connectivity index (χ3v) is 4.66. The van der Waals surface area contributed by atoms with E-state index in [9.17, 15) is 0 Å². The molecule has 3 N–H and O–H groups in total. The SMILES string of the molecule is CCC1(CC)CCN(Cc2cccc(C(=N)N)c2)C1. The summed E-state index contributed by atoms with van der Waals surface area (Å²) in [6.45, 7) is 7.98. The molecule has 0 unspecified atom stereocenters. The van der Waals surface area contributed by atoms with Crippen molar-refractivity contribution in [3.63, 3.8) is 0 Å². The van der Waals surface area contributed by atoms with Crippen molar-refractivity contribution in [3.8, 4) is 0 Å². The first-order valence-corrected chi connectivity index (χ1v) is 7.24. The van der Waals surface area contributed by atoms with Crippen LogP contribution >= 0.6 is 0 Å². The van der Waals surface area contributed by atoms with Crippen molar-refractivity contribution in [1.82, 2.24) is 4.90 Å². The Hall–Kier alpha value is -1.35. The molecule has 0 aliphatic carbocycles. The molecule has 0 saturated carbocycles. The van der Waals surface area contributed by atoms with Crippen LogP contribution in [0.15, 0.2) is 24.3 Å². The number of nitrogens with two attached hydrogens (primary N) is 1. The molecule has 19 heavy (non-hydrogen) atoms. The van der Waals surface area contributed by atoms with E-state index in [1.54, 1.807) is 0 Å². The van der Waals surface area contributed by atoms with Crippen molar-refractivity contribution < 1.29 is 0 Å². The van der Waals surface area contributed by atoms with Crippen LogP contribution in [0.5, 0.6) is 0 Å². The quantitative estimate of drug-likeness (QED) is 0.631. The zero-order valence-corrected chi connectivity index (χ0v) is 12.1. The fraction of sp³-hybridized carbons (Fsp3) is 0.562. The third-order valence-electron chi connectivity index (χ3n) is 4.66. The van der Waals surface area contributed by atoms with E-state index in [1.807, 2.05) is 18.2 Å². The highest BCUT2D eigenvalue weighted by Gasteiger charge is 2.34. The Balaban J connectivity index is 2.03. The van der Waals surface area contributed by atoms with Gasteiger partial charge >= 0.3 is 0 Å². The van der Waals surface area contributed by atoms with Crippen molar-refractivity contribution in [3.05, 3.63) is 35.4 Å². The molecular weight excluding hydrogens is 234 g/mol. The van der Waals surface area contributed by atoms with Gasteiger partial charge in [0, 0.05) is 18.7 Å². The number of rotatable bonds is 5. The molecule has 1 heterocycles. The second kappa shape index (κ2) is 5.74. The lowest BCUT2D eigenvalue weighted by molar-refractivity contribution is 0.236. The largest absolute Gasteiger partial charge is 0.384 e. The molecule has 0 radical (unpaired) electrons. The molecule has 0 atom stereocenters. The minimum absolute atomic E-state index is 0.153. The van der Waals surface area contributed by atoms with Crippen LogP contribution < -0.4 is 5.73 Å². The molecule has 0 bridgehead atoms. The van der Waals surface area contributed by atoms with Gasteiger partial charge in [-0.05, 0) is 42.9 Å². The van der Waals surface area contributed by atoms with Gasteiger partial charge in [-0.1, -0.05) is 32.0 Å². The van der Waals surface area contributed by atoms with E-state index in [4.69, 9.17) is 11.1 Å². The van der Waals surface area contributed by atoms with E-state index in [0.29, 0.717) is 5.41 Å². The first kappa shape index (κ1) is 14.1. The fourth-order valence-corrected chi connectivity index (χ4v) is 3.09. The van der Waals surface area contributed by atoms with Gasteiger partial charge in [-0.2, -0.15) is 0 Å². The van der Waals surface area contributed by atoms with E-state index in [-0.39, 0.29) is 5.84 Å². The van der Waals surface area contributed by atoms with Crippen LogP contribution in [0.4, 0.5) is 0 Å². The molecular formula is C16H25N3. The molecule has 2 rings (SSSR count). The van der Waals surface area contributed by atoms with Crippen molar-refractivity contribution in [2.24, 2.45) is 11.1 Å². The van der Waals surface area contributed by atoms with Gasteiger partial charge < -0.3 is 5.73 Å². The topological polar surface area (TPSA) is 53.1 Å². The summed E-state index contributed by atoms with van der Waals surface area (Å²) in [5, 5.41) is 7.50. The van der Waals surface area contributed by atoms with Crippen LogP contribution in [0.2, 0.25) is 0 Å². The normalized spacial score (nSPS) is 18.6. The zero-order chi connectivity index (χ0) is 13.9. The van der Waals surface area contributed by atoms with E-state index in [0.717, 1.165) is 12.1 Å². The first-order chi connectivity index (χ1) is 9.08. The molecule has 1 aromatic carbocycles. The average molecular weight is 259 g/mol. The maximum atomic E-state index is 7.50. The summed E-state index contributed by atoms with van der Waals surface area (Å²) in [5.41, 5.74) is 8.16. The molecule has 0 spiro atoms. The summed E-state index contributed by atoms with van der Waals surface area (Å²) >= 11 is 0. The highest BCUT2D eigenvalue weighted by Crippen LogP contribution is 2.37. The minimum atomic E-state index is 0.153. The lowest BCUT2D eigenvalue weighted by Crippen LogP contribution is -2.26. The highest BCUT2D eigenvalue weighted by molar-refractivity contribution is 5.95. The molecule has 1 aliphatic rings. The van der Waals surface area contributed by atoms with Gasteiger partial charge in [0.2, 0.25) is 0 Å². The van der Waals surface area contributed by atoms with Crippen molar-refractivity contribution in [2.75, 3.05) is 13.1 Å². The molecule has 3 heteroatoms. The lowest BCUT2D eigenvalue weighted by Gasteiger charge is -2.26. The summed E-state index contributed by atoms with van der Waals surface area (Å²) < 4.78 is 0. The van der Waals surface area contributed by atoms with Crippen LogP contribution in [-0.2, 0) is 6.54 Å².